The standard InChI is InChI=1S/C8H15NO2S/c1-3-8(4-2)7(10)9-5-6-12(8)11/h3-6H2,1-2H3,(H,9,10). The molecule has 1 rings (SSSR count). The maximum atomic E-state index is 11.6. The van der Waals surface area contributed by atoms with E-state index in [0.717, 1.165) is 0 Å². The van der Waals surface area contributed by atoms with Crippen LogP contribution in [0, 0.1) is 0 Å². The molecular formula is C8H15NO2S. The lowest BCUT2D eigenvalue weighted by Gasteiger charge is -2.33. The topological polar surface area (TPSA) is 46.2 Å². The van der Waals surface area contributed by atoms with Crippen LogP contribution in [0.2, 0.25) is 0 Å². The summed E-state index contributed by atoms with van der Waals surface area (Å²) in [6.45, 7) is 4.41. The molecule has 4 heteroatoms. The highest BCUT2D eigenvalue weighted by Gasteiger charge is 2.43. The highest BCUT2D eigenvalue weighted by Crippen LogP contribution is 2.25. The van der Waals surface area contributed by atoms with E-state index in [4.69, 9.17) is 0 Å². The largest absolute Gasteiger partial charge is 0.354 e. The van der Waals surface area contributed by atoms with Gasteiger partial charge in [-0.3, -0.25) is 9.00 Å². The third-order valence-corrected chi connectivity index (χ3v) is 4.77. The van der Waals surface area contributed by atoms with E-state index in [0.29, 0.717) is 25.1 Å². The van der Waals surface area contributed by atoms with Crippen LogP contribution in [0.15, 0.2) is 0 Å². The van der Waals surface area contributed by atoms with Gasteiger partial charge in [-0.05, 0) is 12.8 Å². The summed E-state index contributed by atoms with van der Waals surface area (Å²) in [7, 11) is -0.979. The third-order valence-electron chi connectivity index (χ3n) is 2.56. The van der Waals surface area contributed by atoms with Crippen molar-refractivity contribution in [2.45, 2.75) is 31.4 Å². The quantitative estimate of drug-likeness (QED) is 0.684. The number of nitrogens with one attached hydrogen (secondary N) is 1. The average molecular weight is 189 g/mol. The molecule has 1 fully saturated rings. The second kappa shape index (κ2) is 3.56. The summed E-state index contributed by atoms with van der Waals surface area (Å²) >= 11 is 0. The van der Waals surface area contributed by atoms with Crippen LogP contribution >= 0.6 is 0 Å². The summed E-state index contributed by atoms with van der Waals surface area (Å²) < 4.78 is 11.0. The Bertz CT molecular complexity index is 193. The average Bonchev–Trinajstić information content (AvgIpc) is 2.06. The van der Waals surface area contributed by atoms with Gasteiger partial charge >= 0.3 is 0 Å². The van der Waals surface area contributed by atoms with Gasteiger partial charge in [-0.25, -0.2) is 0 Å². The molecule has 0 saturated carbocycles. The second-order valence-electron chi connectivity index (χ2n) is 3.01. The smallest absolute Gasteiger partial charge is 0.238 e. The Kier molecular flexibility index (Phi) is 2.88. The number of rotatable bonds is 2. The predicted molar refractivity (Wildman–Crippen MR) is 49.3 cm³/mol. The molecule has 1 saturated heterocycles. The van der Waals surface area contributed by atoms with E-state index in [9.17, 15) is 9.00 Å². The SMILES string of the molecule is CCC1(CC)C(=O)NCCS1=O. The molecule has 0 radical (unpaired) electrons. The van der Waals surface area contributed by atoms with Gasteiger partial charge in [-0.15, -0.1) is 0 Å². The minimum absolute atomic E-state index is 0.0305. The molecule has 1 aliphatic heterocycles. The summed E-state index contributed by atoms with van der Waals surface area (Å²) in [6.07, 6.45) is 1.34. The number of hydrogen-bond acceptors (Lipinski definition) is 2. The van der Waals surface area contributed by atoms with Crippen molar-refractivity contribution in [3.8, 4) is 0 Å². The Labute approximate surface area is 75.4 Å². The van der Waals surface area contributed by atoms with Crippen LogP contribution < -0.4 is 5.32 Å². The fourth-order valence-corrected chi connectivity index (χ4v) is 3.21. The van der Waals surface area contributed by atoms with Gasteiger partial charge < -0.3 is 5.32 Å². The van der Waals surface area contributed by atoms with Crippen LogP contribution in [0.4, 0.5) is 0 Å². The summed E-state index contributed by atoms with van der Waals surface area (Å²) in [5.41, 5.74) is 0. The highest BCUT2D eigenvalue weighted by molar-refractivity contribution is 7.87. The van der Waals surface area contributed by atoms with Crippen LogP contribution in [-0.4, -0.2) is 27.2 Å². The number of carbonyl (C=O) groups is 1. The van der Waals surface area contributed by atoms with Crippen molar-refractivity contribution < 1.29 is 9.00 Å². The summed E-state index contributed by atoms with van der Waals surface area (Å²) in [5.74, 6) is 0.574. The van der Waals surface area contributed by atoms with Gasteiger partial charge in [0.25, 0.3) is 0 Å². The van der Waals surface area contributed by atoms with Crippen molar-refractivity contribution in [1.29, 1.82) is 0 Å². The Hall–Kier alpha value is -0.380. The molecule has 1 N–H and O–H groups in total. The van der Waals surface area contributed by atoms with Gasteiger partial charge in [-0.1, -0.05) is 13.8 Å². The lowest BCUT2D eigenvalue weighted by atomic mass is 10.0. The first kappa shape index (κ1) is 9.71. The normalized spacial score (nSPS) is 28.2. The maximum absolute atomic E-state index is 11.6. The lowest BCUT2D eigenvalue weighted by molar-refractivity contribution is -0.124. The van der Waals surface area contributed by atoms with Gasteiger partial charge in [0, 0.05) is 23.1 Å². The molecule has 70 valence electrons. The molecular weight excluding hydrogens is 174 g/mol. The first-order chi connectivity index (χ1) is 5.67. The van der Waals surface area contributed by atoms with Gasteiger partial charge in [0.1, 0.15) is 4.75 Å². The van der Waals surface area contributed by atoms with Crippen molar-refractivity contribution in [1.82, 2.24) is 5.32 Å². The first-order valence-electron chi connectivity index (χ1n) is 4.34. The number of hydrogen-bond donors (Lipinski definition) is 1. The third kappa shape index (κ3) is 1.28. The molecule has 1 amide bonds. The van der Waals surface area contributed by atoms with E-state index >= 15 is 0 Å². The minimum Gasteiger partial charge on any atom is -0.354 e. The number of amides is 1. The zero-order valence-corrected chi connectivity index (χ0v) is 8.37. The van der Waals surface area contributed by atoms with E-state index in [1.54, 1.807) is 0 Å². The van der Waals surface area contributed by atoms with E-state index in [-0.39, 0.29) is 5.91 Å². The zero-order chi connectivity index (χ0) is 9.19. The molecule has 0 aromatic rings. The van der Waals surface area contributed by atoms with Crippen molar-refractivity contribution in [3.05, 3.63) is 0 Å². The molecule has 0 spiro atoms. The van der Waals surface area contributed by atoms with Gasteiger partial charge in [0.2, 0.25) is 5.91 Å². The predicted octanol–water partition coefficient (Wildman–Crippen LogP) is 0.424. The van der Waals surface area contributed by atoms with Crippen molar-refractivity contribution >= 4 is 16.7 Å². The highest BCUT2D eigenvalue weighted by atomic mass is 32.2. The van der Waals surface area contributed by atoms with Crippen molar-refractivity contribution in [2.75, 3.05) is 12.3 Å². The molecule has 1 unspecified atom stereocenters. The lowest BCUT2D eigenvalue weighted by Crippen LogP contribution is -2.55. The fraction of sp³-hybridized carbons (Fsp3) is 0.875. The summed E-state index contributed by atoms with van der Waals surface area (Å²) in [5, 5.41) is 2.77. The van der Waals surface area contributed by atoms with Gasteiger partial charge in [-0.2, -0.15) is 0 Å². The fourth-order valence-electron chi connectivity index (χ4n) is 1.61. The molecule has 0 aromatic heterocycles. The van der Waals surface area contributed by atoms with Crippen LogP contribution in [0.25, 0.3) is 0 Å². The molecule has 12 heavy (non-hydrogen) atoms. The first-order valence-corrected chi connectivity index (χ1v) is 5.66. The molecule has 0 bridgehead atoms. The van der Waals surface area contributed by atoms with Crippen LogP contribution in [0.3, 0.4) is 0 Å². The van der Waals surface area contributed by atoms with Crippen LogP contribution in [0.1, 0.15) is 26.7 Å². The molecule has 0 aliphatic carbocycles. The minimum atomic E-state index is -0.979. The molecule has 1 aliphatic rings. The summed E-state index contributed by atoms with van der Waals surface area (Å²) in [6, 6.07) is 0. The maximum Gasteiger partial charge on any atom is 0.238 e. The van der Waals surface area contributed by atoms with E-state index in [1.807, 2.05) is 13.8 Å². The van der Waals surface area contributed by atoms with E-state index in [2.05, 4.69) is 5.32 Å². The molecule has 1 atom stereocenters. The van der Waals surface area contributed by atoms with Crippen molar-refractivity contribution in [2.24, 2.45) is 0 Å². The molecule has 1 heterocycles. The van der Waals surface area contributed by atoms with E-state index < -0.39 is 15.5 Å². The Morgan fingerprint density at radius 1 is 1.50 bits per heavy atom. The summed E-state index contributed by atoms with van der Waals surface area (Å²) in [4.78, 5) is 11.5. The van der Waals surface area contributed by atoms with Crippen LogP contribution in [-0.2, 0) is 15.6 Å². The van der Waals surface area contributed by atoms with Gasteiger partial charge in [0.05, 0.1) is 0 Å². The van der Waals surface area contributed by atoms with E-state index in [1.165, 1.54) is 0 Å². The zero-order valence-electron chi connectivity index (χ0n) is 7.55. The second-order valence-corrected chi connectivity index (χ2v) is 4.89. The molecule has 3 nitrogen and oxygen atoms in total. The monoisotopic (exact) mass is 189 g/mol. The Morgan fingerprint density at radius 2 is 2.08 bits per heavy atom. The Balaban J connectivity index is 2.93. The Morgan fingerprint density at radius 3 is 2.42 bits per heavy atom. The van der Waals surface area contributed by atoms with Gasteiger partial charge in [0.15, 0.2) is 0 Å². The number of carbonyl (C=O) groups excluding carboxylic acids is 1. The van der Waals surface area contributed by atoms with Crippen molar-refractivity contribution in [3.63, 3.8) is 0 Å². The van der Waals surface area contributed by atoms with Crippen LogP contribution in [0.5, 0.6) is 0 Å². The molecule has 0 aromatic carbocycles.